The normalized spacial score (nSPS) is 17.0. The fourth-order valence-electron chi connectivity index (χ4n) is 3.03. The first-order chi connectivity index (χ1) is 13.7. The lowest BCUT2D eigenvalue weighted by Gasteiger charge is -2.16. The summed E-state index contributed by atoms with van der Waals surface area (Å²) in [6.07, 6.45) is 2.05. The van der Waals surface area contributed by atoms with Crippen LogP contribution < -0.4 is 15.4 Å². The minimum atomic E-state index is 0.488. The Bertz CT molecular complexity index is 784. The Balaban J connectivity index is 1.54. The molecule has 1 aromatic carbocycles. The number of aromatic nitrogens is 1. The Morgan fingerprint density at radius 2 is 2.21 bits per heavy atom. The first-order valence-corrected chi connectivity index (χ1v) is 10.7. The molecule has 1 unspecified atom stereocenters. The molecule has 0 spiro atoms. The van der Waals surface area contributed by atoms with Crippen molar-refractivity contribution >= 4 is 17.3 Å². The molecule has 1 aliphatic rings. The summed E-state index contributed by atoms with van der Waals surface area (Å²) in [6, 6.07) is 6.33. The van der Waals surface area contributed by atoms with Crippen molar-refractivity contribution < 1.29 is 9.47 Å². The minimum absolute atomic E-state index is 0.488. The Morgan fingerprint density at radius 3 is 2.93 bits per heavy atom. The Kier molecular flexibility index (Phi) is 7.68. The van der Waals surface area contributed by atoms with Crippen molar-refractivity contribution in [3.05, 3.63) is 45.4 Å². The van der Waals surface area contributed by atoms with Gasteiger partial charge in [-0.1, -0.05) is 19.1 Å². The van der Waals surface area contributed by atoms with E-state index in [0.717, 1.165) is 54.0 Å². The lowest BCUT2D eigenvalue weighted by Crippen LogP contribution is -2.36. The summed E-state index contributed by atoms with van der Waals surface area (Å²) in [5.41, 5.74) is 3.36. The van der Waals surface area contributed by atoms with Crippen LogP contribution in [-0.2, 0) is 24.2 Å². The number of rotatable bonds is 8. The van der Waals surface area contributed by atoms with Crippen molar-refractivity contribution in [2.24, 2.45) is 10.9 Å². The van der Waals surface area contributed by atoms with Gasteiger partial charge in [-0.3, -0.25) is 4.99 Å². The van der Waals surface area contributed by atoms with Gasteiger partial charge in [-0.25, -0.2) is 4.98 Å². The first-order valence-electron chi connectivity index (χ1n) is 9.85. The van der Waals surface area contributed by atoms with Crippen LogP contribution in [0.25, 0.3) is 0 Å². The summed E-state index contributed by atoms with van der Waals surface area (Å²) < 4.78 is 11.6. The van der Waals surface area contributed by atoms with E-state index in [-0.39, 0.29) is 0 Å². The van der Waals surface area contributed by atoms with Crippen molar-refractivity contribution in [3.63, 3.8) is 0 Å². The highest BCUT2D eigenvalue weighted by Gasteiger charge is 2.17. The number of guanidine groups is 1. The van der Waals surface area contributed by atoms with E-state index in [1.807, 2.05) is 0 Å². The summed E-state index contributed by atoms with van der Waals surface area (Å²) in [5, 5.41) is 9.96. The molecule has 3 rings (SSSR count). The number of benzene rings is 1. The second kappa shape index (κ2) is 10.4. The molecule has 1 fully saturated rings. The zero-order chi connectivity index (χ0) is 19.8. The van der Waals surface area contributed by atoms with Crippen molar-refractivity contribution in [1.29, 1.82) is 0 Å². The lowest BCUT2D eigenvalue weighted by atomic mass is 10.1. The summed E-state index contributed by atoms with van der Waals surface area (Å²) in [6.45, 7) is 7.86. The number of hydrogen-bond acceptors (Lipinski definition) is 5. The number of ether oxygens (including phenoxy) is 2. The van der Waals surface area contributed by atoms with Crippen LogP contribution in [0.15, 0.2) is 28.6 Å². The molecule has 0 radical (unpaired) electrons. The fraction of sp³-hybridized carbons (Fsp3) is 0.524. The molecule has 2 aromatic rings. The zero-order valence-electron chi connectivity index (χ0n) is 17.0. The molecule has 7 heteroatoms. The van der Waals surface area contributed by atoms with Gasteiger partial charge in [0.25, 0.3) is 0 Å². The summed E-state index contributed by atoms with van der Waals surface area (Å²) in [4.78, 5) is 8.90. The van der Waals surface area contributed by atoms with E-state index < -0.39 is 0 Å². The van der Waals surface area contributed by atoms with Gasteiger partial charge < -0.3 is 20.1 Å². The van der Waals surface area contributed by atoms with Gasteiger partial charge in [0.15, 0.2) is 5.96 Å². The van der Waals surface area contributed by atoms with Gasteiger partial charge in [-0.2, -0.15) is 0 Å². The number of hydrogen-bond donors (Lipinski definition) is 2. The van der Waals surface area contributed by atoms with Crippen molar-refractivity contribution in [1.82, 2.24) is 15.6 Å². The van der Waals surface area contributed by atoms with Gasteiger partial charge in [0.1, 0.15) is 5.75 Å². The number of nitrogens with zero attached hydrogens (tertiary/aromatic N) is 2. The molecular weight excluding hydrogens is 372 g/mol. The molecule has 1 aliphatic heterocycles. The molecule has 1 atom stereocenters. The molecule has 152 valence electrons. The highest BCUT2D eigenvalue weighted by Crippen LogP contribution is 2.22. The third-order valence-corrected chi connectivity index (χ3v) is 5.77. The first kappa shape index (κ1) is 20.6. The number of aryl methyl sites for hydroxylation is 2. The van der Waals surface area contributed by atoms with Crippen molar-refractivity contribution in [2.75, 3.05) is 26.9 Å². The summed E-state index contributed by atoms with van der Waals surface area (Å²) in [5.74, 6) is 2.17. The van der Waals surface area contributed by atoms with E-state index in [1.165, 1.54) is 5.56 Å². The highest BCUT2D eigenvalue weighted by atomic mass is 32.1. The van der Waals surface area contributed by atoms with Gasteiger partial charge in [0.2, 0.25) is 0 Å². The molecule has 2 heterocycles. The maximum absolute atomic E-state index is 6.12. The van der Waals surface area contributed by atoms with Crippen LogP contribution in [0.3, 0.4) is 0 Å². The second-order valence-corrected chi connectivity index (χ2v) is 7.96. The average Bonchev–Trinajstić information content (AvgIpc) is 3.39. The zero-order valence-corrected chi connectivity index (χ0v) is 17.8. The molecule has 0 bridgehead atoms. The molecule has 0 saturated carbocycles. The van der Waals surface area contributed by atoms with Crippen molar-refractivity contribution in [2.45, 2.75) is 39.8 Å². The van der Waals surface area contributed by atoms with Crippen LogP contribution in [0.5, 0.6) is 5.75 Å². The minimum Gasteiger partial charge on any atom is -0.493 e. The van der Waals surface area contributed by atoms with Gasteiger partial charge in [0.05, 0.1) is 30.5 Å². The van der Waals surface area contributed by atoms with Crippen LogP contribution in [0.1, 0.15) is 35.2 Å². The molecule has 2 N–H and O–H groups in total. The molecule has 28 heavy (non-hydrogen) atoms. The molecule has 1 saturated heterocycles. The predicted octanol–water partition coefficient (Wildman–Crippen LogP) is 3.29. The van der Waals surface area contributed by atoms with E-state index in [2.05, 4.69) is 58.0 Å². The largest absolute Gasteiger partial charge is 0.493 e. The number of nitrogens with one attached hydrogen (secondary N) is 2. The van der Waals surface area contributed by atoms with Crippen LogP contribution in [0.2, 0.25) is 0 Å². The van der Waals surface area contributed by atoms with Crippen LogP contribution in [-0.4, -0.2) is 37.8 Å². The predicted molar refractivity (Wildman–Crippen MR) is 114 cm³/mol. The standard InChI is InChI=1S/C21H30N4O2S/c1-4-20-25-18(14-28-20)11-24-21(22-3)23-10-17-6-5-15(2)9-19(17)27-13-16-7-8-26-12-16/h5-6,9,14,16H,4,7-8,10-13H2,1-3H3,(H2,22,23,24). The Labute approximate surface area is 171 Å². The molecular formula is C21H30N4O2S. The fourth-order valence-corrected chi connectivity index (χ4v) is 3.78. The Morgan fingerprint density at radius 1 is 1.36 bits per heavy atom. The molecule has 6 nitrogen and oxygen atoms in total. The summed E-state index contributed by atoms with van der Waals surface area (Å²) >= 11 is 1.70. The topological polar surface area (TPSA) is 67.8 Å². The average molecular weight is 403 g/mol. The molecule has 0 aliphatic carbocycles. The number of aliphatic imine (C=N–C) groups is 1. The van der Waals surface area contributed by atoms with Crippen LogP contribution in [0.4, 0.5) is 0 Å². The second-order valence-electron chi connectivity index (χ2n) is 7.02. The van der Waals surface area contributed by atoms with Gasteiger partial charge in [-0.15, -0.1) is 11.3 Å². The maximum atomic E-state index is 6.12. The van der Waals surface area contributed by atoms with E-state index in [1.54, 1.807) is 18.4 Å². The van der Waals surface area contributed by atoms with Gasteiger partial charge >= 0.3 is 0 Å². The van der Waals surface area contributed by atoms with E-state index >= 15 is 0 Å². The highest BCUT2D eigenvalue weighted by molar-refractivity contribution is 7.09. The van der Waals surface area contributed by atoms with E-state index in [0.29, 0.717) is 25.6 Å². The third kappa shape index (κ3) is 5.94. The summed E-state index contributed by atoms with van der Waals surface area (Å²) in [7, 11) is 1.78. The van der Waals surface area contributed by atoms with E-state index in [4.69, 9.17) is 9.47 Å². The maximum Gasteiger partial charge on any atom is 0.191 e. The SMILES string of the molecule is CCc1nc(CNC(=NC)NCc2ccc(C)cc2OCC2CCOC2)cs1. The Hall–Kier alpha value is -2.12. The molecule has 0 amide bonds. The molecule has 1 aromatic heterocycles. The van der Waals surface area contributed by atoms with Gasteiger partial charge in [-0.05, 0) is 31.4 Å². The van der Waals surface area contributed by atoms with E-state index in [9.17, 15) is 0 Å². The number of thiazole rings is 1. The van der Waals surface area contributed by atoms with Crippen LogP contribution >= 0.6 is 11.3 Å². The lowest BCUT2D eigenvalue weighted by molar-refractivity contribution is 0.166. The van der Waals surface area contributed by atoms with Crippen LogP contribution in [0, 0.1) is 12.8 Å². The smallest absolute Gasteiger partial charge is 0.191 e. The quantitative estimate of drug-likeness (QED) is 0.524. The van der Waals surface area contributed by atoms with Gasteiger partial charge in [0, 0.05) is 37.1 Å². The van der Waals surface area contributed by atoms with Crippen molar-refractivity contribution in [3.8, 4) is 5.75 Å². The third-order valence-electron chi connectivity index (χ3n) is 4.73. The monoisotopic (exact) mass is 402 g/mol.